The van der Waals surface area contributed by atoms with Gasteiger partial charge in [0.15, 0.2) is 0 Å². The van der Waals surface area contributed by atoms with Crippen molar-refractivity contribution < 1.29 is 0 Å². The predicted molar refractivity (Wildman–Crippen MR) is 70.8 cm³/mol. The van der Waals surface area contributed by atoms with Crippen LogP contribution in [0.25, 0.3) is 10.9 Å². The lowest BCUT2D eigenvalue weighted by Crippen LogP contribution is -2.10. The third-order valence-corrected chi connectivity index (χ3v) is 2.93. The Morgan fingerprint density at radius 1 is 1.12 bits per heavy atom. The Morgan fingerprint density at radius 3 is 2.44 bits per heavy atom. The van der Waals surface area contributed by atoms with Gasteiger partial charge in [-0.3, -0.25) is 4.98 Å². The number of hydrogen-bond donors (Lipinski definition) is 0. The van der Waals surface area contributed by atoms with Gasteiger partial charge in [0.1, 0.15) is 0 Å². The van der Waals surface area contributed by atoms with E-state index in [4.69, 9.17) is 23.2 Å². The molecule has 0 N–H and O–H groups in total. The number of hydrogen-bond acceptors (Lipinski definition) is 2. The minimum atomic E-state index is 0.611. The lowest BCUT2D eigenvalue weighted by atomic mass is 10.1. The van der Waals surface area contributed by atoms with Crippen molar-refractivity contribution in [1.82, 2.24) is 4.98 Å². The molecule has 0 atom stereocenters. The van der Waals surface area contributed by atoms with Crippen molar-refractivity contribution in [2.45, 2.75) is 6.92 Å². The van der Waals surface area contributed by atoms with Crippen LogP contribution < -0.4 is 4.90 Å². The maximum atomic E-state index is 6.21. The van der Waals surface area contributed by atoms with Gasteiger partial charge in [0.05, 0.1) is 10.5 Å². The van der Waals surface area contributed by atoms with Gasteiger partial charge >= 0.3 is 0 Å². The van der Waals surface area contributed by atoms with Gasteiger partial charge in [0.2, 0.25) is 0 Å². The zero-order valence-corrected chi connectivity index (χ0v) is 10.9. The molecule has 1 aromatic heterocycles. The van der Waals surface area contributed by atoms with Crippen LogP contribution in [0.1, 0.15) is 5.69 Å². The molecule has 1 aromatic carbocycles. The van der Waals surface area contributed by atoms with E-state index in [9.17, 15) is 0 Å². The summed E-state index contributed by atoms with van der Waals surface area (Å²) in [5.41, 5.74) is 2.85. The normalized spacial score (nSPS) is 10.8. The van der Waals surface area contributed by atoms with E-state index in [-0.39, 0.29) is 0 Å². The summed E-state index contributed by atoms with van der Waals surface area (Å²) in [5, 5.41) is 2.20. The monoisotopic (exact) mass is 254 g/mol. The second-order valence-corrected chi connectivity index (χ2v) is 4.80. The smallest absolute Gasteiger partial charge is 0.0755 e. The molecular weight excluding hydrogens is 243 g/mol. The molecule has 2 rings (SSSR count). The van der Waals surface area contributed by atoms with Gasteiger partial charge in [-0.2, -0.15) is 0 Å². The molecule has 0 radical (unpaired) electrons. The lowest BCUT2D eigenvalue weighted by molar-refractivity contribution is 1.12. The molecule has 0 bridgehead atoms. The molecule has 0 aliphatic carbocycles. The van der Waals surface area contributed by atoms with Crippen LogP contribution >= 0.6 is 23.2 Å². The number of aryl methyl sites for hydroxylation is 1. The van der Waals surface area contributed by atoms with E-state index in [1.165, 1.54) is 0 Å². The number of fused-ring (bicyclic) bond motifs is 1. The molecule has 0 amide bonds. The van der Waals surface area contributed by atoms with Crippen LogP contribution in [0.5, 0.6) is 0 Å². The molecule has 0 unspecified atom stereocenters. The molecule has 0 saturated carbocycles. The lowest BCUT2D eigenvalue weighted by Gasteiger charge is -2.17. The Hall–Kier alpha value is -0.990. The third kappa shape index (κ3) is 1.95. The summed E-state index contributed by atoms with van der Waals surface area (Å²) in [6.07, 6.45) is 0. The fourth-order valence-corrected chi connectivity index (χ4v) is 2.33. The molecule has 0 aliphatic heterocycles. The Kier molecular flexibility index (Phi) is 2.96. The average molecular weight is 255 g/mol. The summed E-state index contributed by atoms with van der Waals surface area (Å²) in [6.45, 7) is 1.96. The minimum Gasteiger partial charge on any atom is -0.377 e. The largest absolute Gasteiger partial charge is 0.377 e. The van der Waals surface area contributed by atoms with Gasteiger partial charge in [-0.25, -0.2) is 0 Å². The first-order valence-electron chi connectivity index (χ1n) is 4.93. The summed E-state index contributed by atoms with van der Waals surface area (Å²) < 4.78 is 0. The van der Waals surface area contributed by atoms with Crippen molar-refractivity contribution in [2.24, 2.45) is 0 Å². The Bertz CT molecular complexity index is 545. The molecule has 2 aromatic rings. The van der Waals surface area contributed by atoms with Gasteiger partial charge in [0, 0.05) is 35.9 Å². The summed E-state index contributed by atoms with van der Waals surface area (Å²) in [4.78, 5) is 6.47. The molecule has 1 heterocycles. The van der Waals surface area contributed by atoms with Gasteiger partial charge in [-0.05, 0) is 25.1 Å². The second-order valence-electron chi connectivity index (χ2n) is 3.96. The number of pyridine rings is 1. The van der Waals surface area contributed by atoms with Crippen LogP contribution in [-0.4, -0.2) is 19.1 Å². The zero-order valence-electron chi connectivity index (χ0n) is 9.38. The average Bonchev–Trinajstić information content (AvgIpc) is 2.14. The van der Waals surface area contributed by atoms with Gasteiger partial charge in [-0.1, -0.05) is 23.2 Å². The van der Waals surface area contributed by atoms with Crippen molar-refractivity contribution in [1.29, 1.82) is 0 Å². The summed E-state index contributed by atoms with van der Waals surface area (Å²) in [7, 11) is 3.97. The third-order valence-electron chi connectivity index (χ3n) is 2.41. The highest BCUT2D eigenvalue weighted by Crippen LogP contribution is 2.34. The minimum absolute atomic E-state index is 0.611. The SMILES string of the molecule is Cc1cc(N(C)C)c2c(Cl)cc(Cl)cc2n1. The summed E-state index contributed by atoms with van der Waals surface area (Å²) in [5.74, 6) is 0. The first-order chi connectivity index (χ1) is 7.49. The number of rotatable bonds is 1. The fraction of sp³-hybridized carbons (Fsp3) is 0.250. The molecule has 4 heteroatoms. The number of halogens is 2. The van der Waals surface area contributed by atoms with Crippen LogP contribution in [0.15, 0.2) is 18.2 Å². The maximum Gasteiger partial charge on any atom is 0.0755 e. The van der Waals surface area contributed by atoms with Crippen LogP contribution in [0.2, 0.25) is 10.0 Å². The molecular formula is C12H12Cl2N2. The second kappa shape index (κ2) is 4.11. The standard InChI is InChI=1S/C12H12Cl2N2/c1-7-4-11(16(2)3)12-9(14)5-8(13)6-10(12)15-7/h4-6H,1-3H3. The Balaban J connectivity index is 2.90. The number of nitrogens with zero attached hydrogens (tertiary/aromatic N) is 2. The van der Waals surface area contributed by atoms with E-state index in [0.717, 1.165) is 22.3 Å². The van der Waals surface area contributed by atoms with Crippen molar-refractivity contribution in [3.63, 3.8) is 0 Å². The topological polar surface area (TPSA) is 16.1 Å². The molecule has 0 spiro atoms. The van der Waals surface area contributed by atoms with Crippen LogP contribution in [0.4, 0.5) is 5.69 Å². The Morgan fingerprint density at radius 2 is 1.81 bits per heavy atom. The van der Waals surface area contributed by atoms with E-state index < -0.39 is 0 Å². The molecule has 84 valence electrons. The fourth-order valence-electron chi connectivity index (χ4n) is 1.75. The summed E-state index contributed by atoms with van der Waals surface area (Å²) in [6, 6.07) is 5.60. The van der Waals surface area contributed by atoms with Crippen LogP contribution in [0.3, 0.4) is 0 Å². The van der Waals surface area contributed by atoms with E-state index >= 15 is 0 Å². The van der Waals surface area contributed by atoms with Gasteiger partial charge in [-0.15, -0.1) is 0 Å². The maximum absolute atomic E-state index is 6.21. The van der Waals surface area contributed by atoms with Gasteiger partial charge < -0.3 is 4.90 Å². The van der Waals surface area contributed by atoms with E-state index in [0.29, 0.717) is 10.0 Å². The highest BCUT2D eigenvalue weighted by atomic mass is 35.5. The van der Waals surface area contributed by atoms with E-state index in [1.807, 2.05) is 38.1 Å². The van der Waals surface area contributed by atoms with E-state index in [1.54, 1.807) is 6.07 Å². The van der Waals surface area contributed by atoms with Crippen molar-refractivity contribution in [3.8, 4) is 0 Å². The van der Waals surface area contributed by atoms with Gasteiger partial charge in [0.25, 0.3) is 0 Å². The molecule has 0 saturated heterocycles. The highest BCUT2D eigenvalue weighted by Gasteiger charge is 2.10. The van der Waals surface area contributed by atoms with Crippen molar-refractivity contribution in [2.75, 3.05) is 19.0 Å². The number of benzene rings is 1. The van der Waals surface area contributed by atoms with Crippen molar-refractivity contribution in [3.05, 3.63) is 33.9 Å². The molecule has 0 fully saturated rings. The first-order valence-corrected chi connectivity index (χ1v) is 5.68. The zero-order chi connectivity index (χ0) is 11.9. The molecule has 2 nitrogen and oxygen atoms in total. The molecule has 0 aliphatic rings. The van der Waals surface area contributed by atoms with Crippen LogP contribution in [-0.2, 0) is 0 Å². The number of anilines is 1. The predicted octanol–water partition coefficient (Wildman–Crippen LogP) is 3.92. The van der Waals surface area contributed by atoms with Crippen LogP contribution in [0, 0.1) is 6.92 Å². The number of aromatic nitrogens is 1. The highest BCUT2D eigenvalue weighted by molar-refractivity contribution is 6.39. The molecule has 16 heavy (non-hydrogen) atoms. The van der Waals surface area contributed by atoms with Crippen molar-refractivity contribution >= 4 is 39.8 Å². The summed E-state index contributed by atoms with van der Waals surface area (Å²) >= 11 is 12.2. The van der Waals surface area contributed by atoms with E-state index in [2.05, 4.69) is 4.98 Å². The quantitative estimate of drug-likeness (QED) is 0.767. The first kappa shape index (κ1) is 11.5. The Labute approximate surface area is 105 Å².